The molecule has 0 unspecified atom stereocenters. The lowest BCUT2D eigenvalue weighted by Crippen LogP contribution is -2.14. The number of halogens is 1. The van der Waals surface area contributed by atoms with Crippen molar-refractivity contribution >= 4 is 11.6 Å². The van der Waals surface area contributed by atoms with Gasteiger partial charge in [0.15, 0.2) is 5.82 Å². The van der Waals surface area contributed by atoms with Crippen molar-refractivity contribution in [3.05, 3.63) is 40.2 Å². The zero-order valence-electron chi connectivity index (χ0n) is 11.4. The van der Waals surface area contributed by atoms with Crippen LogP contribution in [0.3, 0.4) is 0 Å². The summed E-state index contributed by atoms with van der Waals surface area (Å²) in [5.74, 6) is 1.51. The molecule has 2 aromatic rings. The standard InChI is InChI=1S/C15H15ClN2O2/c1-9-7-10(3-4-13(9)19-2)15-17-12-5-6-20-8-11(12)14(16)18-15/h3-4,7H,5-6,8H2,1-2H3. The van der Waals surface area contributed by atoms with Gasteiger partial charge in [0.1, 0.15) is 10.9 Å². The number of fused-ring (bicyclic) bond motifs is 1. The van der Waals surface area contributed by atoms with E-state index in [2.05, 4.69) is 9.97 Å². The van der Waals surface area contributed by atoms with E-state index in [9.17, 15) is 0 Å². The normalized spacial score (nSPS) is 13.9. The number of hydrogen-bond donors (Lipinski definition) is 0. The van der Waals surface area contributed by atoms with E-state index in [-0.39, 0.29) is 0 Å². The van der Waals surface area contributed by atoms with Crippen LogP contribution in [0.1, 0.15) is 16.8 Å². The number of aromatic nitrogens is 2. The topological polar surface area (TPSA) is 44.2 Å². The molecule has 4 nitrogen and oxygen atoms in total. The van der Waals surface area contributed by atoms with Gasteiger partial charge in [0.2, 0.25) is 0 Å². The van der Waals surface area contributed by atoms with Crippen molar-refractivity contribution in [1.29, 1.82) is 0 Å². The first kappa shape index (κ1) is 13.3. The van der Waals surface area contributed by atoms with Crippen molar-refractivity contribution in [2.75, 3.05) is 13.7 Å². The average Bonchev–Trinajstić information content (AvgIpc) is 2.47. The smallest absolute Gasteiger partial charge is 0.161 e. The van der Waals surface area contributed by atoms with E-state index in [4.69, 9.17) is 21.1 Å². The Kier molecular flexibility index (Phi) is 3.59. The summed E-state index contributed by atoms with van der Waals surface area (Å²) in [7, 11) is 1.66. The second-order valence-corrected chi connectivity index (χ2v) is 5.11. The molecule has 1 aliphatic heterocycles. The SMILES string of the molecule is COc1ccc(-c2nc(Cl)c3c(n2)CCOC3)cc1C. The lowest BCUT2D eigenvalue weighted by molar-refractivity contribution is 0.109. The van der Waals surface area contributed by atoms with Gasteiger partial charge < -0.3 is 9.47 Å². The highest BCUT2D eigenvalue weighted by molar-refractivity contribution is 6.30. The van der Waals surface area contributed by atoms with Crippen LogP contribution in [-0.2, 0) is 17.8 Å². The molecule has 5 heteroatoms. The van der Waals surface area contributed by atoms with Crippen LogP contribution in [0.4, 0.5) is 0 Å². The molecule has 1 aromatic heterocycles. The molecule has 0 atom stereocenters. The number of benzene rings is 1. The van der Waals surface area contributed by atoms with E-state index >= 15 is 0 Å². The van der Waals surface area contributed by atoms with Crippen molar-refractivity contribution in [3.8, 4) is 17.1 Å². The van der Waals surface area contributed by atoms with Crippen LogP contribution >= 0.6 is 11.6 Å². The van der Waals surface area contributed by atoms with Gasteiger partial charge in [-0.15, -0.1) is 0 Å². The Morgan fingerprint density at radius 3 is 2.90 bits per heavy atom. The number of ether oxygens (including phenoxy) is 2. The van der Waals surface area contributed by atoms with Crippen LogP contribution in [0.25, 0.3) is 11.4 Å². The van der Waals surface area contributed by atoms with Crippen LogP contribution in [0.2, 0.25) is 5.15 Å². The Morgan fingerprint density at radius 2 is 2.15 bits per heavy atom. The fraction of sp³-hybridized carbons (Fsp3) is 0.333. The monoisotopic (exact) mass is 290 g/mol. The molecular weight excluding hydrogens is 276 g/mol. The van der Waals surface area contributed by atoms with Gasteiger partial charge in [0.25, 0.3) is 0 Å². The third-order valence-electron chi connectivity index (χ3n) is 3.42. The predicted molar refractivity (Wildman–Crippen MR) is 77.1 cm³/mol. The largest absolute Gasteiger partial charge is 0.496 e. The number of hydrogen-bond acceptors (Lipinski definition) is 4. The van der Waals surface area contributed by atoms with E-state index in [1.807, 2.05) is 25.1 Å². The molecule has 0 N–H and O–H groups in total. The first-order valence-electron chi connectivity index (χ1n) is 6.47. The second-order valence-electron chi connectivity index (χ2n) is 4.75. The molecule has 2 heterocycles. The number of aryl methyl sites for hydroxylation is 1. The molecule has 1 aromatic carbocycles. The van der Waals surface area contributed by atoms with Gasteiger partial charge in [0, 0.05) is 17.5 Å². The molecule has 1 aliphatic rings. The Hall–Kier alpha value is -1.65. The Morgan fingerprint density at radius 1 is 1.30 bits per heavy atom. The van der Waals surface area contributed by atoms with Crippen molar-refractivity contribution in [2.45, 2.75) is 20.0 Å². The van der Waals surface area contributed by atoms with E-state index in [1.165, 1.54) is 0 Å². The highest BCUT2D eigenvalue weighted by atomic mass is 35.5. The maximum absolute atomic E-state index is 6.24. The van der Waals surface area contributed by atoms with E-state index in [1.54, 1.807) is 7.11 Å². The lowest BCUT2D eigenvalue weighted by Gasteiger charge is -2.17. The quantitative estimate of drug-likeness (QED) is 0.797. The first-order chi connectivity index (χ1) is 9.69. The Labute approximate surface area is 122 Å². The first-order valence-corrected chi connectivity index (χ1v) is 6.85. The van der Waals surface area contributed by atoms with E-state index < -0.39 is 0 Å². The third-order valence-corrected chi connectivity index (χ3v) is 3.74. The zero-order valence-corrected chi connectivity index (χ0v) is 12.2. The van der Waals surface area contributed by atoms with Gasteiger partial charge in [-0.05, 0) is 30.7 Å². The Bertz CT molecular complexity index is 659. The fourth-order valence-corrected chi connectivity index (χ4v) is 2.58. The van der Waals surface area contributed by atoms with Gasteiger partial charge in [-0.1, -0.05) is 11.6 Å². The second kappa shape index (κ2) is 5.38. The summed E-state index contributed by atoms with van der Waals surface area (Å²) >= 11 is 6.24. The molecule has 0 fully saturated rings. The van der Waals surface area contributed by atoms with Crippen LogP contribution in [0, 0.1) is 6.92 Å². The third kappa shape index (κ3) is 2.37. The summed E-state index contributed by atoms with van der Waals surface area (Å²) in [5, 5.41) is 0.484. The van der Waals surface area contributed by atoms with Crippen LogP contribution < -0.4 is 4.74 Å². The number of rotatable bonds is 2. The lowest BCUT2D eigenvalue weighted by atomic mass is 10.1. The van der Waals surface area contributed by atoms with Crippen molar-refractivity contribution < 1.29 is 9.47 Å². The molecule has 0 amide bonds. The van der Waals surface area contributed by atoms with Gasteiger partial charge in [-0.3, -0.25) is 0 Å². The van der Waals surface area contributed by atoms with Gasteiger partial charge in [0.05, 0.1) is 26.0 Å². The number of methoxy groups -OCH3 is 1. The van der Waals surface area contributed by atoms with Crippen molar-refractivity contribution in [1.82, 2.24) is 9.97 Å². The van der Waals surface area contributed by atoms with Crippen LogP contribution in [-0.4, -0.2) is 23.7 Å². The maximum atomic E-state index is 6.24. The Balaban J connectivity index is 2.06. The van der Waals surface area contributed by atoms with Crippen LogP contribution in [0.5, 0.6) is 5.75 Å². The van der Waals surface area contributed by atoms with Crippen molar-refractivity contribution in [3.63, 3.8) is 0 Å². The van der Waals surface area contributed by atoms with E-state index in [0.717, 1.165) is 34.6 Å². The predicted octanol–water partition coefficient (Wildman–Crippen LogP) is 3.19. The molecule has 0 bridgehead atoms. The minimum Gasteiger partial charge on any atom is -0.496 e. The van der Waals surface area contributed by atoms with Gasteiger partial charge >= 0.3 is 0 Å². The summed E-state index contributed by atoms with van der Waals surface area (Å²) in [5.41, 5.74) is 3.89. The molecule has 104 valence electrons. The van der Waals surface area contributed by atoms with Gasteiger partial charge in [-0.25, -0.2) is 9.97 Å². The molecule has 20 heavy (non-hydrogen) atoms. The molecule has 0 aliphatic carbocycles. The summed E-state index contributed by atoms with van der Waals surface area (Å²) in [6.07, 6.45) is 0.777. The summed E-state index contributed by atoms with van der Waals surface area (Å²) < 4.78 is 10.7. The number of nitrogens with zero attached hydrogens (tertiary/aromatic N) is 2. The fourth-order valence-electron chi connectivity index (χ4n) is 2.34. The van der Waals surface area contributed by atoms with Crippen molar-refractivity contribution in [2.24, 2.45) is 0 Å². The minimum atomic E-state index is 0.484. The van der Waals surface area contributed by atoms with Gasteiger partial charge in [-0.2, -0.15) is 0 Å². The summed E-state index contributed by atoms with van der Waals surface area (Å²) in [6.45, 7) is 3.17. The zero-order chi connectivity index (χ0) is 14.1. The summed E-state index contributed by atoms with van der Waals surface area (Å²) in [6, 6.07) is 5.88. The molecule has 0 saturated carbocycles. The maximum Gasteiger partial charge on any atom is 0.161 e. The highest BCUT2D eigenvalue weighted by Crippen LogP contribution is 2.28. The highest BCUT2D eigenvalue weighted by Gasteiger charge is 2.18. The summed E-state index contributed by atoms with van der Waals surface area (Å²) in [4.78, 5) is 9.01. The molecule has 0 saturated heterocycles. The van der Waals surface area contributed by atoms with Crippen LogP contribution in [0.15, 0.2) is 18.2 Å². The minimum absolute atomic E-state index is 0.484. The average molecular weight is 291 g/mol. The molecule has 0 spiro atoms. The van der Waals surface area contributed by atoms with E-state index in [0.29, 0.717) is 24.2 Å². The molecule has 0 radical (unpaired) electrons. The molecule has 3 rings (SSSR count). The molecular formula is C15H15ClN2O2.